The third kappa shape index (κ3) is 2.86. The highest BCUT2D eigenvalue weighted by Gasteiger charge is 2.02. The third-order valence-electron chi connectivity index (χ3n) is 3.62. The summed E-state index contributed by atoms with van der Waals surface area (Å²) >= 11 is 0. The van der Waals surface area contributed by atoms with Crippen LogP contribution in [0.25, 0.3) is 22.3 Å². The molecule has 0 radical (unpaired) electrons. The molecule has 0 saturated carbocycles. The molecule has 3 rings (SSSR count). The van der Waals surface area contributed by atoms with Gasteiger partial charge in [0.25, 0.3) is 0 Å². The fourth-order valence-electron chi connectivity index (χ4n) is 2.39. The summed E-state index contributed by atoms with van der Waals surface area (Å²) in [6.07, 6.45) is 1.68. The summed E-state index contributed by atoms with van der Waals surface area (Å²) in [6.45, 7) is 0. The summed E-state index contributed by atoms with van der Waals surface area (Å²) in [7, 11) is 0. The molecule has 3 aromatic carbocycles. The van der Waals surface area contributed by atoms with Crippen LogP contribution in [0.1, 0.15) is 20.7 Å². The molecule has 0 fully saturated rings. The first-order valence-electron chi connectivity index (χ1n) is 7.01. The summed E-state index contributed by atoms with van der Waals surface area (Å²) in [5.41, 5.74) is 5.66. The average Bonchev–Trinajstić information content (AvgIpc) is 2.62. The van der Waals surface area contributed by atoms with Crippen LogP contribution >= 0.6 is 0 Å². The van der Waals surface area contributed by atoms with Crippen LogP contribution in [0.5, 0.6) is 0 Å². The van der Waals surface area contributed by atoms with E-state index in [4.69, 9.17) is 0 Å². The van der Waals surface area contributed by atoms with Crippen molar-refractivity contribution in [3.05, 3.63) is 83.9 Å². The van der Waals surface area contributed by atoms with E-state index < -0.39 is 0 Å². The van der Waals surface area contributed by atoms with Gasteiger partial charge in [-0.15, -0.1) is 0 Å². The molecule has 0 aliphatic rings. The Morgan fingerprint density at radius 2 is 0.909 bits per heavy atom. The maximum absolute atomic E-state index is 10.7. The minimum atomic E-state index is 0.671. The van der Waals surface area contributed by atoms with Gasteiger partial charge < -0.3 is 0 Å². The highest BCUT2D eigenvalue weighted by Crippen LogP contribution is 2.26. The van der Waals surface area contributed by atoms with Gasteiger partial charge in [-0.3, -0.25) is 9.59 Å². The van der Waals surface area contributed by atoms with E-state index in [1.807, 2.05) is 66.7 Å². The van der Waals surface area contributed by atoms with Crippen LogP contribution in [0.3, 0.4) is 0 Å². The Kier molecular flexibility index (Phi) is 3.92. The highest BCUT2D eigenvalue weighted by molar-refractivity contribution is 5.79. The van der Waals surface area contributed by atoms with Crippen LogP contribution in [-0.4, -0.2) is 12.6 Å². The van der Waals surface area contributed by atoms with E-state index in [0.717, 1.165) is 34.8 Å². The normalized spacial score (nSPS) is 10.2. The lowest BCUT2D eigenvalue weighted by atomic mass is 9.98. The zero-order valence-corrected chi connectivity index (χ0v) is 11.9. The molecule has 2 nitrogen and oxygen atoms in total. The SMILES string of the molecule is O=Cc1ccc(-c2cccc(-c3ccc(C=O)cc3)c2)cc1. The van der Waals surface area contributed by atoms with Crippen LogP contribution in [0.2, 0.25) is 0 Å². The Morgan fingerprint density at radius 1 is 0.500 bits per heavy atom. The third-order valence-corrected chi connectivity index (χ3v) is 3.62. The average molecular weight is 286 g/mol. The van der Waals surface area contributed by atoms with E-state index in [1.54, 1.807) is 0 Å². The number of benzene rings is 3. The number of aldehydes is 2. The summed E-state index contributed by atoms with van der Waals surface area (Å²) in [4.78, 5) is 21.4. The van der Waals surface area contributed by atoms with E-state index in [2.05, 4.69) is 6.07 Å². The Hall–Kier alpha value is -3.00. The van der Waals surface area contributed by atoms with Gasteiger partial charge in [-0.25, -0.2) is 0 Å². The van der Waals surface area contributed by atoms with Crippen molar-refractivity contribution in [1.82, 2.24) is 0 Å². The van der Waals surface area contributed by atoms with Crippen molar-refractivity contribution in [2.24, 2.45) is 0 Å². The molecule has 0 amide bonds. The van der Waals surface area contributed by atoms with Crippen molar-refractivity contribution >= 4 is 12.6 Å². The van der Waals surface area contributed by atoms with Gasteiger partial charge in [0, 0.05) is 11.1 Å². The Bertz CT molecular complexity index is 733. The second kappa shape index (κ2) is 6.19. The minimum Gasteiger partial charge on any atom is -0.298 e. The number of hydrogen-bond acceptors (Lipinski definition) is 2. The second-order valence-electron chi connectivity index (χ2n) is 5.06. The zero-order valence-electron chi connectivity index (χ0n) is 11.9. The van der Waals surface area contributed by atoms with Crippen molar-refractivity contribution in [3.63, 3.8) is 0 Å². The van der Waals surface area contributed by atoms with Crippen LogP contribution in [0.15, 0.2) is 72.8 Å². The zero-order chi connectivity index (χ0) is 15.4. The fraction of sp³-hybridized carbons (Fsp3) is 0. The molecule has 0 atom stereocenters. The molecule has 0 N–H and O–H groups in total. The first-order chi connectivity index (χ1) is 10.8. The van der Waals surface area contributed by atoms with Gasteiger partial charge in [0.05, 0.1) is 0 Å². The maximum Gasteiger partial charge on any atom is 0.150 e. The number of hydrogen-bond donors (Lipinski definition) is 0. The van der Waals surface area contributed by atoms with Gasteiger partial charge in [-0.1, -0.05) is 66.7 Å². The van der Waals surface area contributed by atoms with Gasteiger partial charge in [0.2, 0.25) is 0 Å². The van der Waals surface area contributed by atoms with Crippen molar-refractivity contribution < 1.29 is 9.59 Å². The molecule has 0 aliphatic carbocycles. The second-order valence-corrected chi connectivity index (χ2v) is 5.06. The lowest BCUT2D eigenvalue weighted by Crippen LogP contribution is -1.84. The molecule has 0 bridgehead atoms. The van der Waals surface area contributed by atoms with Crippen LogP contribution in [0, 0.1) is 0 Å². The van der Waals surface area contributed by atoms with Gasteiger partial charge in [-0.2, -0.15) is 0 Å². The van der Waals surface area contributed by atoms with Gasteiger partial charge >= 0.3 is 0 Å². The Labute approximate surface area is 129 Å². The molecule has 0 unspecified atom stereocenters. The van der Waals surface area contributed by atoms with Crippen LogP contribution in [-0.2, 0) is 0 Å². The monoisotopic (exact) mass is 286 g/mol. The number of rotatable bonds is 4. The number of carbonyl (C=O) groups excluding carboxylic acids is 2. The summed E-state index contributed by atoms with van der Waals surface area (Å²) in [5.74, 6) is 0. The molecule has 0 spiro atoms. The van der Waals surface area contributed by atoms with E-state index in [0.29, 0.717) is 11.1 Å². The molecule has 22 heavy (non-hydrogen) atoms. The predicted molar refractivity (Wildman–Crippen MR) is 88.1 cm³/mol. The number of carbonyl (C=O) groups is 2. The molecule has 0 saturated heterocycles. The van der Waals surface area contributed by atoms with Crippen molar-refractivity contribution in [1.29, 1.82) is 0 Å². The van der Waals surface area contributed by atoms with E-state index in [9.17, 15) is 9.59 Å². The van der Waals surface area contributed by atoms with Gasteiger partial charge in [0.1, 0.15) is 12.6 Å². The van der Waals surface area contributed by atoms with Crippen LogP contribution in [0.4, 0.5) is 0 Å². The molecule has 0 aromatic heterocycles. The molecular formula is C20H14O2. The standard InChI is InChI=1S/C20H14O2/c21-13-15-4-8-17(9-5-15)19-2-1-3-20(12-19)18-10-6-16(14-22)7-11-18/h1-14H. The summed E-state index contributed by atoms with van der Waals surface area (Å²) in [6, 6.07) is 23.2. The van der Waals surface area contributed by atoms with Gasteiger partial charge in [0.15, 0.2) is 0 Å². The first kappa shape index (κ1) is 14.0. The maximum atomic E-state index is 10.7. The first-order valence-corrected chi connectivity index (χ1v) is 7.01. The smallest absolute Gasteiger partial charge is 0.150 e. The van der Waals surface area contributed by atoms with Crippen molar-refractivity contribution in [2.75, 3.05) is 0 Å². The van der Waals surface area contributed by atoms with Crippen LogP contribution < -0.4 is 0 Å². The molecule has 106 valence electrons. The highest BCUT2D eigenvalue weighted by atomic mass is 16.1. The molecule has 3 aromatic rings. The van der Waals surface area contributed by atoms with Crippen molar-refractivity contribution in [3.8, 4) is 22.3 Å². The Morgan fingerprint density at radius 3 is 1.27 bits per heavy atom. The van der Waals surface area contributed by atoms with E-state index >= 15 is 0 Å². The lowest BCUT2D eigenvalue weighted by molar-refractivity contribution is 0.111. The van der Waals surface area contributed by atoms with Gasteiger partial charge in [-0.05, 0) is 28.3 Å². The summed E-state index contributed by atoms with van der Waals surface area (Å²) in [5, 5.41) is 0. The fourth-order valence-corrected chi connectivity index (χ4v) is 2.39. The van der Waals surface area contributed by atoms with E-state index in [-0.39, 0.29) is 0 Å². The molecule has 0 heterocycles. The Balaban J connectivity index is 1.97. The van der Waals surface area contributed by atoms with Crippen molar-refractivity contribution in [2.45, 2.75) is 0 Å². The molecular weight excluding hydrogens is 272 g/mol. The molecule has 0 aliphatic heterocycles. The molecule has 2 heteroatoms. The minimum absolute atomic E-state index is 0.671. The summed E-state index contributed by atoms with van der Waals surface area (Å²) < 4.78 is 0. The quantitative estimate of drug-likeness (QED) is 0.654. The largest absolute Gasteiger partial charge is 0.298 e. The lowest BCUT2D eigenvalue weighted by Gasteiger charge is -2.06. The van der Waals surface area contributed by atoms with E-state index in [1.165, 1.54) is 0 Å². The topological polar surface area (TPSA) is 34.1 Å². The predicted octanol–water partition coefficient (Wildman–Crippen LogP) is 4.65.